The molecule has 3 rings (SSSR count). The number of anilines is 1. The van der Waals surface area contributed by atoms with Gasteiger partial charge in [-0.25, -0.2) is 8.42 Å². The Hall–Kier alpha value is -2.67. The van der Waals surface area contributed by atoms with Crippen LogP contribution < -0.4 is 5.32 Å². The highest BCUT2D eigenvalue weighted by atomic mass is 35.5. The third-order valence-corrected chi connectivity index (χ3v) is 7.09. The molecule has 1 amide bonds. The van der Waals surface area contributed by atoms with Crippen LogP contribution in [0, 0.1) is 0 Å². The molecule has 0 unspecified atom stereocenters. The molecule has 0 saturated carbocycles. The van der Waals surface area contributed by atoms with E-state index in [1.54, 1.807) is 42.5 Å². The number of hydrogen-bond donors (Lipinski definition) is 1. The highest BCUT2D eigenvalue weighted by Gasteiger charge is 2.26. The number of carbonyl (C=O) groups excluding carboxylic acids is 1. The lowest BCUT2D eigenvalue weighted by Crippen LogP contribution is -2.37. The summed E-state index contributed by atoms with van der Waals surface area (Å²) in [6, 6.07) is 22.7. The second kappa shape index (κ2) is 11.3. The zero-order valence-electron chi connectivity index (χ0n) is 18.0. The summed E-state index contributed by atoms with van der Waals surface area (Å²) in [5.74, 6) is -0.403. The second-order valence-electron chi connectivity index (χ2n) is 7.56. The fraction of sp³-hybridized carbons (Fsp3) is 0.240. The smallest absolute Gasteiger partial charge is 0.243 e. The van der Waals surface area contributed by atoms with Crippen LogP contribution in [0.5, 0.6) is 0 Å². The minimum atomic E-state index is -3.87. The van der Waals surface area contributed by atoms with Crippen molar-refractivity contribution in [3.8, 4) is 0 Å². The van der Waals surface area contributed by atoms with E-state index in [4.69, 9.17) is 11.6 Å². The molecule has 7 heteroatoms. The van der Waals surface area contributed by atoms with E-state index in [9.17, 15) is 13.2 Å². The Kier molecular flexibility index (Phi) is 8.45. The first-order chi connectivity index (χ1) is 15.4. The summed E-state index contributed by atoms with van der Waals surface area (Å²) in [5, 5.41) is 3.37. The molecule has 32 heavy (non-hydrogen) atoms. The maximum absolute atomic E-state index is 13.3. The molecule has 0 radical (unpaired) electrons. The van der Waals surface area contributed by atoms with Gasteiger partial charge in [-0.1, -0.05) is 67.4 Å². The highest BCUT2D eigenvalue weighted by Crippen LogP contribution is 2.20. The van der Waals surface area contributed by atoms with E-state index in [-0.39, 0.29) is 18.0 Å². The molecule has 0 heterocycles. The molecule has 1 N–H and O–H groups in total. The average Bonchev–Trinajstić information content (AvgIpc) is 2.80. The Morgan fingerprint density at radius 2 is 1.53 bits per heavy atom. The van der Waals surface area contributed by atoms with Gasteiger partial charge in [0.15, 0.2) is 0 Å². The Labute approximate surface area is 195 Å². The lowest BCUT2D eigenvalue weighted by Gasteiger charge is -2.22. The maximum Gasteiger partial charge on any atom is 0.243 e. The van der Waals surface area contributed by atoms with Crippen LogP contribution in [0.2, 0.25) is 5.02 Å². The zero-order chi connectivity index (χ0) is 23.0. The molecule has 0 spiro atoms. The van der Waals surface area contributed by atoms with Crippen molar-refractivity contribution < 1.29 is 13.2 Å². The monoisotopic (exact) mass is 470 g/mol. The van der Waals surface area contributed by atoms with E-state index in [0.717, 1.165) is 24.8 Å². The van der Waals surface area contributed by atoms with Crippen LogP contribution in [0.15, 0.2) is 83.8 Å². The van der Waals surface area contributed by atoms with Gasteiger partial charge in [-0.05, 0) is 60.4 Å². The highest BCUT2D eigenvalue weighted by molar-refractivity contribution is 7.89. The molecular formula is C25H27ClN2O3S. The standard InChI is InChI=1S/C25H27ClN2O3S/c1-2-3-7-20-12-16-23(17-13-20)27-25(29)19-28(18-21-10-14-22(26)15-11-21)32(30,31)24-8-5-4-6-9-24/h4-6,8-17H,2-3,7,18-19H2,1H3,(H,27,29). The van der Waals surface area contributed by atoms with Crippen LogP contribution in [0.1, 0.15) is 30.9 Å². The third-order valence-electron chi connectivity index (χ3n) is 5.03. The van der Waals surface area contributed by atoms with Crippen molar-refractivity contribution in [1.29, 1.82) is 0 Å². The summed E-state index contributed by atoms with van der Waals surface area (Å²) in [6.07, 6.45) is 3.23. The van der Waals surface area contributed by atoms with Crippen LogP contribution in [0.4, 0.5) is 5.69 Å². The molecule has 0 aliphatic carbocycles. The van der Waals surface area contributed by atoms with Gasteiger partial charge in [-0.3, -0.25) is 4.79 Å². The molecule has 3 aromatic rings. The molecule has 5 nitrogen and oxygen atoms in total. The predicted molar refractivity (Wildman–Crippen MR) is 129 cm³/mol. The van der Waals surface area contributed by atoms with Gasteiger partial charge in [0.1, 0.15) is 0 Å². The number of aryl methyl sites for hydroxylation is 1. The molecule has 0 saturated heterocycles. The number of unbranched alkanes of at least 4 members (excludes halogenated alkanes) is 1. The number of halogens is 1. The number of rotatable bonds is 10. The van der Waals surface area contributed by atoms with Crippen molar-refractivity contribution in [3.05, 3.63) is 95.0 Å². The minimum absolute atomic E-state index is 0.0533. The van der Waals surface area contributed by atoms with Crippen LogP contribution in [-0.4, -0.2) is 25.2 Å². The number of hydrogen-bond acceptors (Lipinski definition) is 3. The largest absolute Gasteiger partial charge is 0.325 e. The molecular weight excluding hydrogens is 444 g/mol. The molecule has 0 atom stereocenters. The molecule has 0 fully saturated rings. The first kappa shape index (κ1) is 24.0. The van der Waals surface area contributed by atoms with Gasteiger partial charge >= 0.3 is 0 Å². The second-order valence-corrected chi connectivity index (χ2v) is 9.94. The Bertz CT molecular complexity index is 1120. The predicted octanol–water partition coefficient (Wildman–Crippen LogP) is 5.51. The maximum atomic E-state index is 13.3. The number of carbonyl (C=O) groups is 1. The lowest BCUT2D eigenvalue weighted by molar-refractivity contribution is -0.116. The van der Waals surface area contributed by atoms with Crippen LogP contribution >= 0.6 is 11.6 Å². The third kappa shape index (κ3) is 6.66. The Morgan fingerprint density at radius 3 is 2.16 bits per heavy atom. The summed E-state index contributed by atoms with van der Waals surface area (Å²) < 4.78 is 27.7. The summed E-state index contributed by atoms with van der Waals surface area (Å²) in [6.45, 7) is 1.89. The van der Waals surface area contributed by atoms with Crippen molar-refractivity contribution in [3.63, 3.8) is 0 Å². The number of nitrogens with one attached hydrogen (secondary N) is 1. The fourth-order valence-electron chi connectivity index (χ4n) is 3.26. The lowest BCUT2D eigenvalue weighted by atomic mass is 10.1. The first-order valence-corrected chi connectivity index (χ1v) is 12.4. The Balaban J connectivity index is 1.77. The molecule has 0 aliphatic heterocycles. The van der Waals surface area contributed by atoms with Gasteiger partial charge in [0.2, 0.25) is 15.9 Å². The molecule has 0 aromatic heterocycles. The average molecular weight is 471 g/mol. The number of benzene rings is 3. The van der Waals surface area contributed by atoms with Gasteiger partial charge in [-0.15, -0.1) is 0 Å². The van der Waals surface area contributed by atoms with Gasteiger partial charge in [-0.2, -0.15) is 4.31 Å². The van der Waals surface area contributed by atoms with Crippen LogP contribution in [0.25, 0.3) is 0 Å². The number of nitrogens with zero attached hydrogens (tertiary/aromatic N) is 1. The fourth-order valence-corrected chi connectivity index (χ4v) is 4.79. The summed E-state index contributed by atoms with van der Waals surface area (Å²) in [4.78, 5) is 12.9. The molecule has 0 bridgehead atoms. The Morgan fingerprint density at radius 1 is 0.906 bits per heavy atom. The van der Waals surface area contributed by atoms with Crippen molar-refractivity contribution in [2.24, 2.45) is 0 Å². The van der Waals surface area contributed by atoms with Gasteiger partial charge in [0.05, 0.1) is 11.4 Å². The quantitative estimate of drug-likeness (QED) is 0.424. The van der Waals surface area contributed by atoms with Crippen LogP contribution in [-0.2, 0) is 27.8 Å². The summed E-state index contributed by atoms with van der Waals surface area (Å²) in [7, 11) is -3.87. The zero-order valence-corrected chi connectivity index (χ0v) is 19.6. The number of sulfonamides is 1. The summed E-state index contributed by atoms with van der Waals surface area (Å²) in [5.41, 5.74) is 2.58. The van der Waals surface area contributed by atoms with E-state index >= 15 is 0 Å². The van der Waals surface area contributed by atoms with Gasteiger partial charge < -0.3 is 5.32 Å². The van der Waals surface area contributed by atoms with E-state index in [1.807, 2.05) is 24.3 Å². The van der Waals surface area contributed by atoms with Crippen molar-refractivity contribution in [2.45, 2.75) is 37.6 Å². The van der Waals surface area contributed by atoms with E-state index in [0.29, 0.717) is 10.7 Å². The topological polar surface area (TPSA) is 66.5 Å². The van der Waals surface area contributed by atoms with Crippen molar-refractivity contribution in [2.75, 3.05) is 11.9 Å². The molecule has 168 valence electrons. The van der Waals surface area contributed by atoms with Gasteiger partial charge in [0, 0.05) is 17.3 Å². The van der Waals surface area contributed by atoms with Gasteiger partial charge in [0.25, 0.3) is 0 Å². The van der Waals surface area contributed by atoms with Crippen molar-refractivity contribution in [1.82, 2.24) is 4.31 Å². The molecule has 0 aliphatic rings. The number of amides is 1. The first-order valence-electron chi connectivity index (χ1n) is 10.6. The van der Waals surface area contributed by atoms with Crippen LogP contribution in [0.3, 0.4) is 0 Å². The van der Waals surface area contributed by atoms with E-state index in [2.05, 4.69) is 12.2 Å². The van der Waals surface area contributed by atoms with Crippen molar-refractivity contribution >= 4 is 33.2 Å². The normalized spacial score (nSPS) is 11.5. The van der Waals surface area contributed by atoms with E-state index in [1.165, 1.54) is 22.0 Å². The SMILES string of the molecule is CCCCc1ccc(NC(=O)CN(Cc2ccc(Cl)cc2)S(=O)(=O)c2ccccc2)cc1. The summed E-state index contributed by atoms with van der Waals surface area (Å²) >= 11 is 5.95. The molecule has 3 aromatic carbocycles. The minimum Gasteiger partial charge on any atom is -0.325 e. The van der Waals surface area contributed by atoms with E-state index < -0.39 is 15.9 Å².